The van der Waals surface area contributed by atoms with Gasteiger partial charge < -0.3 is 10.1 Å². The summed E-state index contributed by atoms with van der Waals surface area (Å²) in [6.07, 6.45) is -0.162. The SMILES string of the molecule is CC[C@H](C)[C@H](C(=O)O[C@@H](C)C(=O)Nc1ccccc1C#N)c1ccccc1. The van der Waals surface area contributed by atoms with Crippen molar-refractivity contribution in [1.29, 1.82) is 5.26 Å². The average Bonchev–Trinajstić information content (AvgIpc) is 2.69. The van der Waals surface area contributed by atoms with Gasteiger partial charge in [0.15, 0.2) is 6.10 Å². The number of amides is 1. The van der Waals surface area contributed by atoms with Gasteiger partial charge in [-0.25, -0.2) is 0 Å². The minimum atomic E-state index is -0.973. The van der Waals surface area contributed by atoms with Crippen LogP contribution in [0.15, 0.2) is 54.6 Å². The standard InChI is InChI=1S/C22H24N2O3/c1-4-15(2)20(17-10-6-5-7-11-17)22(26)27-16(3)21(25)24-19-13-9-8-12-18(19)14-23/h5-13,15-16,20H,4H2,1-3H3,(H,24,25)/t15-,16-,20-/m0/s1. The van der Waals surface area contributed by atoms with Crippen LogP contribution in [-0.4, -0.2) is 18.0 Å². The first kappa shape index (κ1) is 20.2. The molecule has 0 bridgehead atoms. The Hall–Kier alpha value is -3.13. The molecular formula is C22H24N2O3. The number of carbonyl (C=O) groups is 2. The summed E-state index contributed by atoms with van der Waals surface area (Å²) in [5, 5.41) is 11.8. The number of ether oxygens (including phenoxy) is 1. The lowest BCUT2D eigenvalue weighted by Gasteiger charge is -2.24. The molecule has 27 heavy (non-hydrogen) atoms. The fourth-order valence-corrected chi connectivity index (χ4v) is 2.82. The van der Waals surface area contributed by atoms with Crippen molar-refractivity contribution in [2.24, 2.45) is 5.92 Å². The number of rotatable bonds is 7. The van der Waals surface area contributed by atoms with Gasteiger partial charge in [-0.2, -0.15) is 5.26 Å². The Bertz CT molecular complexity index is 827. The third kappa shape index (κ3) is 5.18. The molecule has 140 valence electrons. The van der Waals surface area contributed by atoms with Crippen LogP contribution in [0.4, 0.5) is 5.69 Å². The molecule has 0 aliphatic rings. The van der Waals surface area contributed by atoms with Gasteiger partial charge in [-0.3, -0.25) is 9.59 Å². The van der Waals surface area contributed by atoms with Crippen molar-refractivity contribution >= 4 is 17.6 Å². The molecule has 0 aliphatic carbocycles. The molecule has 3 atom stereocenters. The molecule has 2 rings (SSSR count). The van der Waals surface area contributed by atoms with Crippen molar-refractivity contribution in [1.82, 2.24) is 0 Å². The highest BCUT2D eigenvalue weighted by atomic mass is 16.5. The number of anilines is 1. The van der Waals surface area contributed by atoms with E-state index in [1.807, 2.05) is 50.2 Å². The maximum Gasteiger partial charge on any atom is 0.314 e. The normalized spacial score (nSPS) is 13.7. The fraction of sp³-hybridized carbons (Fsp3) is 0.318. The van der Waals surface area contributed by atoms with Crippen LogP contribution in [0.25, 0.3) is 0 Å². The van der Waals surface area contributed by atoms with Crippen LogP contribution in [-0.2, 0) is 14.3 Å². The summed E-state index contributed by atoms with van der Waals surface area (Å²) >= 11 is 0. The Balaban J connectivity index is 2.10. The summed E-state index contributed by atoms with van der Waals surface area (Å²) in [7, 11) is 0. The lowest BCUT2D eigenvalue weighted by molar-refractivity contribution is -0.155. The number of hydrogen-bond acceptors (Lipinski definition) is 4. The van der Waals surface area contributed by atoms with E-state index in [0.29, 0.717) is 11.3 Å². The van der Waals surface area contributed by atoms with Gasteiger partial charge in [0.1, 0.15) is 6.07 Å². The lowest BCUT2D eigenvalue weighted by atomic mass is 9.85. The van der Waals surface area contributed by atoms with Gasteiger partial charge >= 0.3 is 5.97 Å². The van der Waals surface area contributed by atoms with Crippen LogP contribution in [0.1, 0.15) is 44.2 Å². The molecule has 1 N–H and O–H groups in total. The van der Waals surface area contributed by atoms with Gasteiger partial charge in [0.25, 0.3) is 5.91 Å². The topological polar surface area (TPSA) is 79.2 Å². The van der Waals surface area contributed by atoms with Crippen LogP contribution in [0.3, 0.4) is 0 Å². The maximum atomic E-state index is 12.8. The van der Waals surface area contributed by atoms with E-state index in [1.165, 1.54) is 6.92 Å². The average molecular weight is 364 g/mol. The number of nitrogens with zero attached hydrogens (tertiary/aromatic N) is 1. The molecule has 0 radical (unpaired) electrons. The van der Waals surface area contributed by atoms with Gasteiger partial charge in [-0.05, 0) is 30.5 Å². The number of nitrogens with one attached hydrogen (secondary N) is 1. The second-order valence-corrected chi connectivity index (χ2v) is 6.50. The van der Waals surface area contributed by atoms with Gasteiger partial charge in [-0.1, -0.05) is 62.7 Å². The quantitative estimate of drug-likeness (QED) is 0.745. The van der Waals surface area contributed by atoms with E-state index in [-0.39, 0.29) is 5.92 Å². The minimum Gasteiger partial charge on any atom is -0.452 e. The van der Waals surface area contributed by atoms with Gasteiger partial charge in [0.05, 0.1) is 17.2 Å². The first-order valence-corrected chi connectivity index (χ1v) is 9.03. The summed E-state index contributed by atoms with van der Waals surface area (Å²) in [5.74, 6) is -1.25. The summed E-state index contributed by atoms with van der Waals surface area (Å²) in [6.45, 7) is 5.54. The van der Waals surface area contributed by atoms with E-state index in [0.717, 1.165) is 12.0 Å². The number of carbonyl (C=O) groups excluding carboxylic acids is 2. The molecule has 2 aromatic rings. The number of benzene rings is 2. The van der Waals surface area contributed by atoms with Crippen molar-refractivity contribution in [2.75, 3.05) is 5.32 Å². The third-order valence-corrected chi connectivity index (χ3v) is 4.59. The Morgan fingerprint density at radius 2 is 1.70 bits per heavy atom. The van der Waals surface area contributed by atoms with Crippen LogP contribution >= 0.6 is 0 Å². The minimum absolute atomic E-state index is 0.0782. The zero-order chi connectivity index (χ0) is 19.8. The lowest BCUT2D eigenvalue weighted by Crippen LogP contribution is -2.33. The molecule has 0 saturated heterocycles. The van der Waals surface area contributed by atoms with E-state index in [9.17, 15) is 9.59 Å². The summed E-state index contributed by atoms with van der Waals surface area (Å²) in [4.78, 5) is 25.2. The summed E-state index contributed by atoms with van der Waals surface area (Å²) < 4.78 is 5.46. The number of esters is 1. The molecule has 0 aliphatic heterocycles. The molecule has 5 heteroatoms. The smallest absolute Gasteiger partial charge is 0.314 e. The highest BCUT2D eigenvalue weighted by molar-refractivity contribution is 5.96. The molecule has 1 amide bonds. The van der Waals surface area contributed by atoms with Crippen LogP contribution in [0.2, 0.25) is 0 Å². The van der Waals surface area contributed by atoms with Crippen LogP contribution < -0.4 is 5.32 Å². The van der Waals surface area contributed by atoms with E-state index in [2.05, 4.69) is 5.32 Å². The van der Waals surface area contributed by atoms with E-state index in [4.69, 9.17) is 10.00 Å². The van der Waals surface area contributed by atoms with Crippen molar-refractivity contribution < 1.29 is 14.3 Å². The molecule has 0 heterocycles. The monoisotopic (exact) mass is 364 g/mol. The van der Waals surface area contributed by atoms with Crippen molar-refractivity contribution in [3.63, 3.8) is 0 Å². The van der Waals surface area contributed by atoms with E-state index >= 15 is 0 Å². The van der Waals surface area contributed by atoms with Crippen LogP contribution in [0.5, 0.6) is 0 Å². The second-order valence-electron chi connectivity index (χ2n) is 6.50. The Morgan fingerprint density at radius 3 is 2.33 bits per heavy atom. The molecule has 0 aromatic heterocycles. The fourth-order valence-electron chi connectivity index (χ4n) is 2.82. The predicted molar refractivity (Wildman–Crippen MR) is 104 cm³/mol. The second kappa shape index (κ2) is 9.54. The third-order valence-electron chi connectivity index (χ3n) is 4.59. The molecule has 2 aromatic carbocycles. The summed E-state index contributed by atoms with van der Waals surface area (Å²) in [6, 6.07) is 18.2. The summed E-state index contributed by atoms with van der Waals surface area (Å²) in [5.41, 5.74) is 1.62. The highest BCUT2D eigenvalue weighted by Crippen LogP contribution is 2.28. The number of hydrogen-bond donors (Lipinski definition) is 1. The number of nitriles is 1. The maximum absolute atomic E-state index is 12.8. The predicted octanol–water partition coefficient (Wildman–Crippen LogP) is 4.26. The number of para-hydroxylation sites is 1. The van der Waals surface area contributed by atoms with E-state index < -0.39 is 23.9 Å². The van der Waals surface area contributed by atoms with Crippen molar-refractivity contribution in [2.45, 2.75) is 39.2 Å². The highest BCUT2D eigenvalue weighted by Gasteiger charge is 2.30. The molecule has 5 nitrogen and oxygen atoms in total. The zero-order valence-corrected chi connectivity index (χ0v) is 15.8. The van der Waals surface area contributed by atoms with Gasteiger partial charge in [0, 0.05) is 0 Å². The van der Waals surface area contributed by atoms with Crippen molar-refractivity contribution in [3.05, 3.63) is 65.7 Å². The Morgan fingerprint density at radius 1 is 1.07 bits per heavy atom. The first-order chi connectivity index (χ1) is 13.0. The van der Waals surface area contributed by atoms with E-state index in [1.54, 1.807) is 24.3 Å². The molecular weight excluding hydrogens is 340 g/mol. The van der Waals surface area contributed by atoms with Crippen LogP contribution in [0, 0.1) is 17.2 Å². The first-order valence-electron chi connectivity index (χ1n) is 9.03. The molecule has 0 saturated carbocycles. The Kier molecular flexibility index (Phi) is 7.13. The molecule has 0 fully saturated rings. The zero-order valence-electron chi connectivity index (χ0n) is 15.8. The van der Waals surface area contributed by atoms with Crippen molar-refractivity contribution in [3.8, 4) is 6.07 Å². The van der Waals surface area contributed by atoms with Gasteiger partial charge in [-0.15, -0.1) is 0 Å². The Labute approximate surface area is 160 Å². The molecule has 0 unspecified atom stereocenters. The van der Waals surface area contributed by atoms with Gasteiger partial charge in [0.2, 0.25) is 0 Å². The molecule has 0 spiro atoms. The largest absolute Gasteiger partial charge is 0.452 e.